The smallest absolute Gasteiger partial charge is 0.113 e. The molecule has 1 aromatic carbocycles. The summed E-state index contributed by atoms with van der Waals surface area (Å²) in [5.41, 5.74) is 2.81. The number of hydrogen-bond donors (Lipinski definition) is 3. The number of aliphatic hydroxyl groups excluding tert-OH is 2. The predicted octanol–water partition coefficient (Wildman–Crippen LogP) is 3.85. The maximum Gasteiger partial charge on any atom is 0.113 e. The zero-order valence-corrected chi connectivity index (χ0v) is 14.8. The molecule has 0 aliphatic heterocycles. The average molecular weight is 425 g/mol. The van der Waals surface area contributed by atoms with E-state index in [9.17, 15) is 5.11 Å². The average Bonchev–Trinajstić information content (AvgIpc) is 3.17. The third kappa shape index (κ3) is 3.60. The Kier molecular flexibility index (Phi) is 4.97. The van der Waals surface area contributed by atoms with Gasteiger partial charge in [0, 0.05) is 31.1 Å². The van der Waals surface area contributed by atoms with Gasteiger partial charge in [-0.2, -0.15) is 0 Å². The van der Waals surface area contributed by atoms with Crippen molar-refractivity contribution in [2.45, 2.75) is 19.1 Å². The summed E-state index contributed by atoms with van der Waals surface area (Å²) in [5, 5.41) is 19.5. The topological polar surface area (TPSA) is 56.2 Å². The highest BCUT2D eigenvalue weighted by Gasteiger charge is 2.13. The van der Waals surface area contributed by atoms with Gasteiger partial charge in [0.05, 0.1) is 6.61 Å². The van der Waals surface area contributed by atoms with E-state index in [2.05, 4.69) is 33.6 Å². The molecule has 0 fully saturated rings. The van der Waals surface area contributed by atoms with Crippen molar-refractivity contribution in [3.63, 3.8) is 0 Å². The lowest BCUT2D eigenvalue weighted by Crippen LogP contribution is -1.96. The Bertz CT molecular complexity index is 748. The molecule has 0 bridgehead atoms. The van der Waals surface area contributed by atoms with Crippen molar-refractivity contribution in [3.8, 4) is 0 Å². The van der Waals surface area contributed by atoms with Crippen molar-refractivity contribution in [1.82, 2.24) is 4.98 Å². The van der Waals surface area contributed by atoms with Gasteiger partial charge in [-0.05, 0) is 64.6 Å². The van der Waals surface area contributed by atoms with Crippen molar-refractivity contribution in [1.29, 1.82) is 0 Å². The standard InChI is InChI=1S/C17H16INO2S/c18-12-3-1-11(2-4-12)17(21)16-8-7-15(22-16)9-13-5-6-14(10-20)19-13/h1-8,17,19-21H,9-10H2. The lowest BCUT2D eigenvalue weighted by Gasteiger charge is -2.08. The number of nitrogens with one attached hydrogen (secondary N) is 1. The maximum atomic E-state index is 10.5. The Hall–Kier alpha value is -1.15. The highest BCUT2D eigenvalue weighted by Crippen LogP contribution is 2.29. The second-order valence-corrected chi connectivity index (χ2v) is 7.55. The molecular formula is C17H16INO2S. The van der Waals surface area contributed by atoms with Gasteiger partial charge in [0.1, 0.15) is 6.10 Å². The number of rotatable bonds is 5. The van der Waals surface area contributed by atoms with Crippen LogP contribution in [0.4, 0.5) is 0 Å². The van der Waals surface area contributed by atoms with E-state index in [1.54, 1.807) is 11.3 Å². The molecule has 0 aliphatic rings. The van der Waals surface area contributed by atoms with Crippen molar-refractivity contribution >= 4 is 33.9 Å². The first-order valence-corrected chi connectivity index (χ1v) is 8.85. The summed E-state index contributed by atoms with van der Waals surface area (Å²) in [7, 11) is 0. The Morgan fingerprint density at radius 3 is 2.41 bits per heavy atom. The summed E-state index contributed by atoms with van der Waals surface area (Å²) < 4.78 is 1.16. The summed E-state index contributed by atoms with van der Waals surface area (Å²) in [5.74, 6) is 0. The lowest BCUT2D eigenvalue weighted by atomic mass is 10.1. The molecule has 0 radical (unpaired) electrons. The number of thiophene rings is 1. The van der Waals surface area contributed by atoms with Crippen LogP contribution in [0.3, 0.4) is 0 Å². The first kappa shape index (κ1) is 15.7. The monoisotopic (exact) mass is 425 g/mol. The molecule has 22 heavy (non-hydrogen) atoms. The molecule has 0 saturated carbocycles. The fourth-order valence-electron chi connectivity index (χ4n) is 2.32. The Morgan fingerprint density at radius 2 is 1.73 bits per heavy atom. The van der Waals surface area contributed by atoms with Crippen LogP contribution in [0.25, 0.3) is 0 Å². The molecule has 3 rings (SSSR count). The van der Waals surface area contributed by atoms with Crippen LogP contribution in [0.5, 0.6) is 0 Å². The van der Waals surface area contributed by atoms with Gasteiger partial charge in [-0.15, -0.1) is 11.3 Å². The highest BCUT2D eigenvalue weighted by molar-refractivity contribution is 14.1. The molecule has 0 aliphatic carbocycles. The zero-order valence-electron chi connectivity index (χ0n) is 11.8. The number of hydrogen-bond acceptors (Lipinski definition) is 3. The molecule has 1 atom stereocenters. The van der Waals surface area contributed by atoms with E-state index < -0.39 is 6.10 Å². The van der Waals surface area contributed by atoms with E-state index in [0.29, 0.717) is 0 Å². The predicted molar refractivity (Wildman–Crippen MR) is 97.1 cm³/mol. The summed E-state index contributed by atoms with van der Waals surface area (Å²) in [6.45, 7) is 0.0290. The largest absolute Gasteiger partial charge is 0.390 e. The fourth-order valence-corrected chi connectivity index (χ4v) is 3.73. The Morgan fingerprint density at radius 1 is 1.00 bits per heavy atom. The van der Waals surface area contributed by atoms with Crippen LogP contribution < -0.4 is 0 Å². The molecule has 0 saturated heterocycles. The molecule has 3 aromatic rings. The quantitative estimate of drug-likeness (QED) is 0.544. The van der Waals surface area contributed by atoms with Gasteiger partial charge in [-0.1, -0.05) is 12.1 Å². The number of halogens is 1. The second kappa shape index (κ2) is 6.95. The molecule has 0 spiro atoms. The molecule has 0 amide bonds. The summed E-state index contributed by atoms with van der Waals surface area (Å²) in [6.07, 6.45) is 0.205. The lowest BCUT2D eigenvalue weighted by molar-refractivity contribution is 0.224. The van der Waals surface area contributed by atoms with Gasteiger partial charge in [0.25, 0.3) is 0 Å². The van der Waals surface area contributed by atoms with Crippen LogP contribution in [0.2, 0.25) is 0 Å². The van der Waals surface area contributed by atoms with Gasteiger partial charge in [0.15, 0.2) is 0 Å². The normalized spacial score (nSPS) is 12.5. The maximum absolute atomic E-state index is 10.5. The van der Waals surface area contributed by atoms with E-state index in [1.807, 2.05) is 42.5 Å². The van der Waals surface area contributed by atoms with Gasteiger partial charge >= 0.3 is 0 Å². The number of aliphatic hydroxyl groups is 2. The van der Waals surface area contributed by atoms with Crippen LogP contribution in [-0.2, 0) is 13.0 Å². The molecule has 2 aromatic heterocycles. The molecule has 3 nitrogen and oxygen atoms in total. The SMILES string of the molecule is OCc1ccc(Cc2ccc(C(O)c3ccc(I)cc3)s2)[nH]1. The minimum atomic E-state index is -0.576. The van der Waals surface area contributed by atoms with Crippen LogP contribution in [-0.4, -0.2) is 15.2 Å². The molecule has 5 heteroatoms. The third-order valence-electron chi connectivity index (χ3n) is 3.48. The van der Waals surface area contributed by atoms with Gasteiger partial charge in [-0.3, -0.25) is 0 Å². The number of H-pyrrole nitrogens is 1. The van der Waals surface area contributed by atoms with Gasteiger partial charge < -0.3 is 15.2 Å². The van der Waals surface area contributed by atoms with Crippen molar-refractivity contribution in [2.75, 3.05) is 0 Å². The van der Waals surface area contributed by atoms with E-state index in [1.165, 1.54) is 4.88 Å². The molecule has 1 unspecified atom stereocenters. The van der Waals surface area contributed by atoms with Gasteiger partial charge in [-0.25, -0.2) is 0 Å². The van der Waals surface area contributed by atoms with Crippen LogP contribution >= 0.6 is 33.9 Å². The van der Waals surface area contributed by atoms with Crippen LogP contribution in [0.1, 0.15) is 32.8 Å². The van der Waals surface area contributed by atoms with Crippen molar-refractivity contribution in [3.05, 3.63) is 78.8 Å². The Balaban J connectivity index is 1.73. The highest BCUT2D eigenvalue weighted by atomic mass is 127. The summed E-state index contributed by atoms with van der Waals surface area (Å²) >= 11 is 3.87. The zero-order chi connectivity index (χ0) is 15.5. The molecule has 3 N–H and O–H groups in total. The minimum Gasteiger partial charge on any atom is -0.390 e. The van der Waals surface area contributed by atoms with Gasteiger partial charge in [0.2, 0.25) is 0 Å². The van der Waals surface area contributed by atoms with Crippen LogP contribution in [0.15, 0.2) is 48.5 Å². The van der Waals surface area contributed by atoms with E-state index in [0.717, 1.165) is 31.8 Å². The summed E-state index contributed by atoms with van der Waals surface area (Å²) in [6, 6.07) is 15.8. The van der Waals surface area contributed by atoms with E-state index in [-0.39, 0.29) is 6.61 Å². The van der Waals surface area contributed by atoms with E-state index in [4.69, 9.17) is 5.11 Å². The second-order valence-electron chi connectivity index (χ2n) is 5.10. The molecule has 114 valence electrons. The fraction of sp³-hybridized carbons (Fsp3) is 0.176. The first-order valence-electron chi connectivity index (χ1n) is 6.95. The summed E-state index contributed by atoms with van der Waals surface area (Å²) in [4.78, 5) is 5.32. The third-order valence-corrected chi connectivity index (χ3v) is 5.34. The van der Waals surface area contributed by atoms with E-state index >= 15 is 0 Å². The number of aromatic nitrogens is 1. The molecule has 2 heterocycles. The Labute approximate surface area is 146 Å². The minimum absolute atomic E-state index is 0.0290. The number of aromatic amines is 1. The molecular weight excluding hydrogens is 409 g/mol. The van der Waals surface area contributed by atoms with Crippen molar-refractivity contribution < 1.29 is 10.2 Å². The number of benzene rings is 1. The first-order chi connectivity index (χ1) is 10.7. The van der Waals surface area contributed by atoms with Crippen molar-refractivity contribution in [2.24, 2.45) is 0 Å². The van der Waals surface area contributed by atoms with Crippen LogP contribution in [0, 0.1) is 3.57 Å².